The highest BCUT2D eigenvalue weighted by molar-refractivity contribution is 5.51. The van der Waals surface area contributed by atoms with Crippen LogP contribution in [0.2, 0.25) is 0 Å². The monoisotopic (exact) mass is 405 g/mol. The second-order valence-electron chi connectivity index (χ2n) is 8.36. The van der Waals surface area contributed by atoms with Crippen LogP contribution in [0.15, 0.2) is 60.0 Å². The van der Waals surface area contributed by atoms with Crippen molar-refractivity contribution in [3.63, 3.8) is 0 Å². The highest BCUT2D eigenvalue weighted by atomic mass is 15.5. The molecule has 1 aromatic carbocycles. The maximum atomic E-state index is 5.97. The molecule has 1 saturated heterocycles. The van der Waals surface area contributed by atoms with Crippen LogP contribution in [0.25, 0.3) is 0 Å². The number of nitrogens with two attached hydrogens (primary N) is 1. The van der Waals surface area contributed by atoms with Gasteiger partial charge in [0.15, 0.2) is 0 Å². The molecule has 1 atom stereocenters. The number of nitrogens with zero attached hydrogens (tertiary/aromatic N) is 1. The third-order valence-corrected chi connectivity index (χ3v) is 6.12. The lowest BCUT2D eigenvalue weighted by molar-refractivity contribution is 0.222. The number of likely N-dealkylation sites (tertiary alicyclic amines) is 1. The van der Waals surface area contributed by atoms with Crippen molar-refractivity contribution in [2.75, 3.05) is 26.2 Å². The van der Waals surface area contributed by atoms with Crippen molar-refractivity contribution < 1.29 is 0 Å². The molecule has 1 aromatic rings. The van der Waals surface area contributed by atoms with Gasteiger partial charge >= 0.3 is 0 Å². The Labute approximate surface area is 181 Å². The summed E-state index contributed by atoms with van der Waals surface area (Å²) < 4.78 is 0. The Kier molecular flexibility index (Phi) is 7.38. The Morgan fingerprint density at radius 1 is 1.37 bits per heavy atom. The third kappa shape index (κ3) is 4.79. The lowest BCUT2D eigenvalue weighted by atomic mass is 9.80. The lowest BCUT2D eigenvalue weighted by Crippen LogP contribution is -2.45. The third-order valence-electron chi connectivity index (χ3n) is 6.12. The van der Waals surface area contributed by atoms with Crippen LogP contribution in [0.3, 0.4) is 0 Å². The number of terminal acetylenes is 1. The highest BCUT2D eigenvalue weighted by Gasteiger charge is 2.40. The lowest BCUT2D eigenvalue weighted by Gasteiger charge is -2.32. The fourth-order valence-corrected chi connectivity index (χ4v) is 4.41. The van der Waals surface area contributed by atoms with Crippen molar-refractivity contribution in [3.8, 4) is 12.3 Å². The predicted octanol–water partition coefficient (Wildman–Crippen LogP) is 2.68. The smallest absolute Gasteiger partial charge is 0.119 e. The van der Waals surface area contributed by atoms with Gasteiger partial charge in [-0.2, -0.15) is 0 Å². The molecule has 2 aliphatic rings. The molecule has 0 spiro atoms. The van der Waals surface area contributed by atoms with Gasteiger partial charge in [0.25, 0.3) is 0 Å². The molecule has 1 fully saturated rings. The van der Waals surface area contributed by atoms with Crippen LogP contribution in [0.1, 0.15) is 37.3 Å². The maximum Gasteiger partial charge on any atom is 0.119 e. The van der Waals surface area contributed by atoms with E-state index in [0.29, 0.717) is 12.6 Å². The minimum absolute atomic E-state index is 0.371. The first-order valence-corrected chi connectivity index (χ1v) is 10.8. The minimum Gasteiger partial charge on any atom is -0.368 e. The van der Waals surface area contributed by atoms with Crippen LogP contribution in [-0.2, 0) is 5.54 Å². The van der Waals surface area contributed by atoms with Crippen molar-refractivity contribution in [3.05, 3.63) is 71.1 Å². The summed E-state index contributed by atoms with van der Waals surface area (Å²) in [4.78, 5) is 2.34. The minimum atomic E-state index is -0.371. The summed E-state index contributed by atoms with van der Waals surface area (Å²) in [5, 5.41) is 3.78. The number of hydrogen-bond acceptors (Lipinski definition) is 5. The molecule has 2 heterocycles. The summed E-state index contributed by atoms with van der Waals surface area (Å²) in [5.41, 5.74) is 17.5. The molecule has 0 radical (unpaired) electrons. The van der Waals surface area contributed by atoms with Gasteiger partial charge in [0, 0.05) is 24.7 Å². The first-order valence-electron chi connectivity index (χ1n) is 10.8. The van der Waals surface area contributed by atoms with Gasteiger partial charge in [-0.05, 0) is 50.8 Å². The van der Waals surface area contributed by atoms with Gasteiger partial charge in [-0.3, -0.25) is 4.90 Å². The van der Waals surface area contributed by atoms with Crippen molar-refractivity contribution in [2.24, 2.45) is 5.73 Å². The van der Waals surface area contributed by atoms with E-state index < -0.39 is 0 Å². The number of allylic oxidation sites excluding steroid dienone is 2. The zero-order chi connectivity index (χ0) is 21.6. The fourth-order valence-electron chi connectivity index (χ4n) is 4.41. The number of rotatable bonds is 8. The number of aryl methyl sites for hydroxylation is 1. The number of benzene rings is 1. The summed E-state index contributed by atoms with van der Waals surface area (Å²) in [6.07, 6.45) is 12.3. The molecule has 0 aromatic heterocycles. The van der Waals surface area contributed by atoms with E-state index in [-0.39, 0.29) is 5.54 Å². The van der Waals surface area contributed by atoms with Crippen LogP contribution < -0.4 is 21.9 Å². The van der Waals surface area contributed by atoms with E-state index in [0.717, 1.165) is 44.7 Å². The maximum absolute atomic E-state index is 5.97. The summed E-state index contributed by atoms with van der Waals surface area (Å²) in [6, 6.07) is 9.11. The average molecular weight is 406 g/mol. The molecule has 0 aliphatic carbocycles. The normalized spacial score (nSPS) is 23.2. The van der Waals surface area contributed by atoms with E-state index in [1.54, 1.807) is 0 Å². The largest absolute Gasteiger partial charge is 0.368 e. The Balaban J connectivity index is 1.93. The van der Waals surface area contributed by atoms with E-state index in [9.17, 15) is 0 Å². The summed E-state index contributed by atoms with van der Waals surface area (Å²) in [5.74, 6) is 3.79. The Morgan fingerprint density at radius 2 is 2.07 bits per heavy atom. The summed E-state index contributed by atoms with van der Waals surface area (Å²) in [7, 11) is 0. The van der Waals surface area contributed by atoms with Gasteiger partial charge in [-0.1, -0.05) is 54.5 Å². The molecule has 5 nitrogen and oxygen atoms in total. The topological polar surface area (TPSA) is 65.3 Å². The zero-order valence-corrected chi connectivity index (χ0v) is 18.3. The van der Waals surface area contributed by atoms with E-state index in [2.05, 4.69) is 77.8 Å². The molecule has 160 valence electrons. The van der Waals surface area contributed by atoms with Gasteiger partial charge in [-0.25, -0.2) is 5.43 Å². The molecule has 0 saturated carbocycles. The molecule has 5 heteroatoms. The summed E-state index contributed by atoms with van der Waals surface area (Å²) in [6.45, 7) is 11.6. The quantitative estimate of drug-likeness (QED) is 0.396. The van der Waals surface area contributed by atoms with E-state index in [1.807, 2.05) is 6.08 Å². The molecule has 1 unspecified atom stereocenters. The molecular formula is C25H35N5. The highest BCUT2D eigenvalue weighted by Crippen LogP contribution is 2.39. The van der Waals surface area contributed by atoms with Crippen LogP contribution >= 0.6 is 0 Å². The van der Waals surface area contributed by atoms with Crippen LogP contribution in [-0.4, -0.2) is 37.1 Å². The standard InChI is InChI=1S/C25H35N5/c1-5-7-20(12-15-26)23-24(27-22-13-17-30(16-6-2)18-14-22)28-29-25(23,4)21-10-8-19(3)9-11-21/h2,5,7-11,22,27-29H,1,12-18,26H2,3-4H3/b20-7+. The molecule has 0 amide bonds. The van der Waals surface area contributed by atoms with Gasteiger partial charge in [0.1, 0.15) is 5.82 Å². The van der Waals surface area contributed by atoms with Gasteiger partial charge in [0.05, 0.1) is 12.1 Å². The molecule has 30 heavy (non-hydrogen) atoms. The first kappa shape index (κ1) is 22.2. The SMILES string of the molecule is C#CCN1CCC(NC2=C(/C(=C/C=C)CCN)C(C)(c3ccc(C)cc3)NN2)CC1. The van der Waals surface area contributed by atoms with Crippen LogP contribution in [0.4, 0.5) is 0 Å². The van der Waals surface area contributed by atoms with Crippen LogP contribution in [0.5, 0.6) is 0 Å². The second-order valence-corrected chi connectivity index (χ2v) is 8.36. The molecule has 2 aliphatic heterocycles. The van der Waals surface area contributed by atoms with Crippen molar-refractivity contribution in [1.82, 2.24) is 21.1 Å². The van der Waals surface area contributed by atoms with E-state index in [1.165, 1.54) is 22.3 Å². The van der Waals surface area contributed by atoms with Gasteiger partial charge < -0.3 is 16.5 Å². The Bertz CT molecular complexity index is 837. The van der Waals surface area contributed by atoms with Gasteiger partial charge in [-0.15, -0.1) is 6.42 Å². The van der Waals surface area contributed by atoms with E-state index >= 15 is 0 Å². The number of hydrogen-bond donors (Lipinski definition) is 4. The first-order chi connectivity index (χ1) is 14.5. The molecule has 5 N–H and O–H groups in total. The van der Waals surface area contributed by atoms with Crippen molar-refractivity contribution in [1.29, 1.82) is 0 Å². The Hall–Kier alpha value is -2.52. The fraction of sp³-hybridized carbons (Fsp3) is 0.440. The number of nitrogens with one attached hydrogen (secondary N) is 3. The summed E-state index contributed by atoms with van der Waals surface area (Å²) >= 11 is 0. The molecule has 0 bridgehead atoms. The van der Waals surface area contributed by atoms with Crippen molar-refractivity contribution >= 4 is 0 Å². The van der Waals surface area contributed by atoms with Gasteiger partial charge in [0.2, 0.25) is 0 Å². The average Bonchev–Trinajstić information content (AvgIpc) is 3.07. The Morgan fingerprint density at radius 3 is 2.67 bits per heavy atom. The van der Waals surface area contributed by atoms with Crippen molar-refractivity contribution in [2.45, 2.75) is 44.7 Å². The molecule has 3 rings (SSSR count). The van der Waals surface area contributed by atoms with Crippen LogP contribution in [0, 0.1) is 19.3 Å². The predicted molar refractivity (Wildman–Crippen MR) is 125 cm³/mol. The molecular weight excluding hydrogens is 370 g/mol. The number of hydrazine groups is 1. The number of piperidine rings is 1. The second kappa shape index (κ2) is 9.99. The van der Waals surface area contributed by atoms with E-state index in [4.69, 9.17) is 12.2 Å². The zero-order valence-electron chi connectivity index (χ0n) is 18.3.